The van der Waals surface area contributed by atoms with Crippen LogP contribution in [0.15, 0.2) is 29.4 Å². The van der Waals surface area contributed by atoms with Gasteiger partial charge >= 0.3 is 0 Å². The Balaban J connectivity index is 1.62. The Labute approximate surface area is 191 Å². The molecule has 1 aliphatic rings. The number of amides is 1. The van der Waals surface area contributed by atoms with Gasteiger partial charge in [-0.3, -0.25) is 9.59 Å². The molecular formula is C25H38N4O3. The highest BCUT2D eigenvalue weighted by molar-refractivity contribution is 5.94. The first-order chi connectivity index (χ1) is 15.4. The zero-order chi connectivity index (χ0) is 23.5. The van der Waals surface area contributed by atoms with Crippen LogP contribution in [0.1, 0.15) is 82.1 Å². The predicted octanol–water partition coefficient (Wildman–Crippen LogP) is 5.83. The molecule has 7 nitrogen and oxygen atoms in total. The molecular weight excluding hydrogens is 404 g/mol. The molecule has 0 aliphatic carbocycles. The molecule has 5 atom stereocenters. The summed E-state index contributed by atoms with van der Waals surface area (Å²) in [5.74, 6) is 1.67. The topological polar surface area (TPSA) is 104 Å². The van der Waals surface area contributed by atoms with Crippen molar-refractivity contribution in [2.75, 3.05) is 6.54 Å². The van der Waals surface area contributed by atoms with Crippen LogP contribution < -0.4 is 5.32 Å². The minimum absolute atomic E-state index is 0.0380. The number of carbonyl (C=O) groups excluding carboxylic acids is 2. The molecule has 1 amide bonds. The fourth-order valence-electron chi connectivity index (χ4n) is 4.46. The molecule has 1 N–H and O–H groups in total. The Bertz CT molecular complexity index is 787. The maximum atomic E-state index is 12.5. The smallest absolute Gasteiger partial charge is 0.251 e. The minimum atomic E-state index is -0.117. The number of unbranched alkanes of at least 4 members (excludes halogenated alkanes) is 2. The molecule has 7 heteroatoms. The molecule has 0 aromatic heterocycles. The molecule has 0 radical (unpaired) electrons. The van der Waals surface area contributed by atoms with Crippen LogP contribution in [0.3, 0.4) is 0 Å². The number of rotatable bonds is 12. The van der Waals surface area contributed by atoms with Gasteiger partial charge in [0.1, 0.15) is 5.78 Å². The van der Waals surface area contributed by atoms with Crippen LogP contribution in [0.4, 0.5) is 0 Å². The Kier molecular flexibility index (Phi) is 10.7. The third-order valence-corrected chi connectivity index (χ3v) is 6.96. The summed E-state index contributed by atoms with van der Waals surface area (Å²) in [5.41, 5.74) is 9.80. The highest BCUT2D eigenvalue weighted by Gasteiger charge is 2.38. The molecule has 1 aromatic carbocycles. The van der Waals surface area contributed by atoms with E-state index in [0.29, 0.717) is 42.7 Å². The summed E-state index contributed by atoms with van der Waals surface area (Å²) in [7, 11) is 0. The summed E-state index contributed by atoms with van der Waals surface area (Å²) in [6.07, 6.45) is 4.97. The van der Waals surface area contributed by atoms with Gasteiger partial charge in [0.2, 0.25) is 0 Å². The second-order valence-electron chi connectivity index (χ2n) is 9.09. The summed E-state index contributed by atoms with van der Waals surface area (Å²) in [5, 5.41) is 6.42. The van der Waals surface area contributed by atoms with Crippen molar-refractivity contribution in [2.45, 2.75) is 85.0 Å². The number of nitrogens with zero attached hydrogens (tertiary/aromatic N) is 3. The van der Waals surface area contributed by atoms with Crippen LogP contribution in [-0.4, -0.2) is 30.4 Å². The first kappa shape index (κ1) is 25.9. The molecule has 2 rings (SSSR count). The van der Waals surface area contributed by atoms with E-state index in [1.54, 1.807) is 24.3 Å². The lowest BCUT2D eigenvalue weighted by Gasteiger charge is -2.43. The van der Waals surface area contributed by atoms with E-state index in [0.717, 1.165) is 31.2 Å². The lowest BCUT2D eigenvalue weighted by Crippen LogP contribution is -2.45. The van der Waals surface area contributed by atoms with Crippen molar-refractivity contribution in [1.29, 1.82) is 0 Å². The minimum Gasteiger partial charge on any atom is -0.374 e. The summed E-state index contributed by atoms with van der Waals surface area (Å²) < 4.78 is 6.25. The molecule has 2 unspecified atom stereocenters. The predicted molar refractivity (Wildman–Crippen MR) is 126 cm³/mol. The number of ketones is 1. The first-order valence-corrected chi connectivity index (χ1v) is 11.9. The largest absolute Gasteiger partial charge is 0.374 e. The van der Waals surface area contributed by atoms with Gasteiger partial charge in [-0.15, -0.1) is 0 Å². The van der Waals surface area contributed by atoms with E-state index in [1.165, 1.54) is 0 Å². The number of azide groups is 1. The van der Waals surface area contributed by atoms with E-state index in [1.807, 2.05) is 0 Å². The third kappa shape index (κ3) is 7.64. The Morgan fingerprint density at radius 2 is 1.72 bits per heavy atom. The second kappa shape index (κ2) is 13.2. The van der Waals surface area contributed by atoms with Gasteiger partial charge in [-0.25, -0.2) is 0 Å². The van der Waals surface area contributed by atoms with Crippen LogP contribution in [0.5, 0.6) is 0 Å². The zero-order valence-electron chi connectivity index (χ0n) is 19.9. The van der Waals surface area contributed by atoms with Gasteiger partial charge in [0, 0.05) is 29.9 Å². The summed E-state index contributed by atoms with van der Waals surface area (Å²) in [4.78, 5) is 27.4. The molecule has 0 saturated carbocycles. The molecule has 1 heterocycles. The number of nitrogens with one attached hydrogen (secondary N) is 1. The Morgan fingerprint density at radius 1 is 1.03 bits per heavy atom. The fourth-order valence-corrected chi connectivity index (χ4v) is 4.46. The molecule has 1 fully saturated rings. The van der Waals surface area contributed by atoms with E-state index in [9.17, 15) is 9.59 Å². The average Bonchev–Trinajstić information content (AvgIpc) is 2.80. The maximum Gasteiger partial charge on any atom is 0.251 e. The Morgan fingerprint density at radius 3 is 2.38 bits per heavy atom. The number of carbonyl (C=O) groups is 2. The van der Waals surface area contributed by atoms with Crippen LogP contribution in [0.2, 0.25) is 0 Å². The van der Waals surface area contributed by atoms with E-state index in [4.69, 9.17) is 10.3 Å². The average molecular weight is 443 g/mol. The summed E-state index contributed by atoms with van der Waals surface area (Å²) in [6.45, 7) is 9.77. The van der Waals surface area contributed by atoms with Gasteiger partial charge in [0.25, 0.3) is 5.91 Å². The van der Waals surface area contributed by atoms with Crippen LogP contribution in [-0.2, 0) is 16.1 Å². The van der Waals surface area contributed by atoms with Crippen molar-refractivity contribution >= 4 is 11.7 Å². The standard InChI is InChI=1S/C25H38N4O3/c1-5-23-18(3)17(2)19(4)24(32-23)15-22(30)9-7-6-8-14-27-25(31)21-12-10-20(11-13-21)16-28-29-26/h10-13,17-19,23-24H,5-9,14-16H2,1-4H3,(H,27,31)/t17-,18-,19?,23?,24-/m0/s1. The quantitative estimate of drug-likeness (QED) is 0.190. The van der Waals surface area contributed by atoms with Gasteiger partial charge in [-0.1, -0.05) is 51.4 Å². The van der Waals surface area contributed by atoms with E-state index in [-0.39, 0.29) is 30.4 Å². The molecule has 1 aliphatic heterocycles. The molecule has 176 valence electrons. The monoisotopic (exact) mass is 442 g/mol. The third-order valence-electron chi connectivity index (χ3n) is 6.96. The Hall–Kier alpha value is -2.37. The van der Waals surface area contributed by atoms with Crippen LogP contribution in [0, 0.1) is 17.8 Å². The van der Waals surface area contributed by atoms with Crippen molar-refractivity contribution in [3.63, 3.8) is 0 Å². The maximum absolute atomic E-state index is 12.5. The number of Topliss-reactive ketones (excluding diaryl/α,β-unsaturated/α-hetero) is 1. The van der Waals surface area contributed by atoms with Crippen molar-refractivity contribution in [1.82, 2.24) is 5.32 Å². The molecule has 1 aromatic rings. The van der Waals surface area contributed by atoms with Crippen molar-refractivity contribution < 1.29 is 14.3 Å². The highest BCUT2D eigenvalue weighted by atomic mass is 16.5. The second-order valence-corrected chi connectivity index (χ2v) is 9.09. The van der Waals surface area contributed by atoms with Gasteiger partial charge in [0.15, 0.2) is 0 Å². The summed E-state index contributed by atoms with van der Waals surface area (Å²) >= 11 is 0. The first-order valence-electron chi connectivity index (χ1n) is 11.9. The fraction of sp³-hybridized carbons (Fsp3) is 0.680. The van der Waals surface area contributed by atoms with Gasteiger partial charge in [-0.05, 0) is 60.2 Å². The van der Waals surface area contributed by atoms with Gasteiger partial charge in [0.05, 0.1) is 18.8 Å². The van der Waals surface area contributed by atoms with E-state index >= 15 is 0 Å². The zero-order valence-corrected chi connectivity index (χ0v) is 19.9. The van der Waals surface area contributed by atoms with Gasteiger partial charge < -0.3 is 10.1 Å². The van der Waals surface area contributed by atoms with Crippen LogP contribution in [0.25, 0.3) is 10.4 Å². The highest BCUT2D eigenvalue weighted by Crippen LogP contribution is 2.37. The SMILES string of the molecule is CCC1O[C@@H](CC(=O)CCCCCNC(=O)c2ccc(CN=[N+]=[N-])cc2)C(C)[C@@H](C)[C@@H]1C. The van der Waals surface area contributed by atoms with Gasteiger partial charge in [-0.2, -0.15) is 0 Å². The lowest BCUT2D eigenvalue weighted by atomic mass is 9.74. The van der Waals surface area contributed by atoms with E-state index in [2.05, 4.69) is 43.0 Å². The molecule has 1 saturated heterocycles. The molecule has 0 bridgehead atoms. The van der Waals surface area contributed by atoms with Crippen molar-refractivity contribution in [3.05, 3.63) is 45.8 Å². The van der Waals surface area contributed by atoms with E-state index < -0.39 is 0 Å². The lowest BCUT2D eigenvalue weighted by molar-refractivity contribution is -0.147. The van der Waals surface area contributed by atoms with Crippen molar-refractivity contribution in [3.8, 4) is 0 Å². The van der Waals surface area contributed by atoms with Crippen molar-refractivity contribution in [2.24, 2.45) is 22.9 Å². The molecule has 32 heavy (non-hydrogen) atoms. The van der Waals surface area contributed by atoms with Crippen LogP contribution >= 0.6 is 0 Å². The normalized spacial score (nSPS) is 25.1. The summed E-state index contributed by atoms with van der Waals surface area (Å²) in [6, 6.07) is 7.04. The number of hydrogen-bond donors (Lipinski definition) is 1. The number of benzene rings is 1. The number of hydrogen-bond acceptors (Lipinski definition) is 4. The molecule has 0 spiro atoms. The number of ether oxygens (including phenoxy) is 1.